The van der Waals surface area contributed by atoms with E-state index in [1.807, 2.05) is 18.2 Å². The Bertz CT molecular complexity index is 411. The summed E-state index contributed by atoms with van der Waals surface area (Å²) in [5.74, 6) is 0.443. The highest BCUT2D eigenvalue weighted by atomic mass is 16.3. The van der Waals surface area contributed by atoms with Crippen molar-refractivity contribution in [2.45, 2.75) is 38.3 Å². The van der Waals surface area contributed by atoms with Crippen LogP contribution in [0.3, 0.4) is 0 Å². The molecule has 0 heterocycles. The van der Waals surface area contributed by atoms with Gasteiger partial charge in [0, 0.05) is 18.2 Å². The van der Waals surface area contributed by atoms with Gasteiger partial charge in [0.05, 0.1) is 12.0 Å². The molecule has 2 atom stereocenters. The number of hydrogen-bond donors (Lipinski definition) is 2. The van der Waals surface area contributed by atoms with Crippen molar-refractivity contribution in [3.63, 3.8) is 0 Å². The average Bonchev–Trinajstić information content (AvgIpc) is 2.38. The molecule has 90 valence electrons. The predicted molar refractivity (Wildman–Crippen MR) is 66.3 cm³/mol. The van der Waals surface area contributed by atoms with Crippen LogP contribution in [0.15, 0.2) is 24.3 Å². The van der Waals surface area contributed by atoms with Gasteiger partial charge in [-0.15, -0.1) is 0 Å². The Morgan fingerprint density at radius 1 is 1.29 bits per heavy atom. The van der Waals surface area contributed by atoms with E-state index in [0.717, 1.165) is 24.8 Å². The van der Waals surface area contributed by atoms with Gasteiger partial charge in [-0.1, -0.05) is 31.0 Å². The largest absolute Gasteiger partial charge is 0.508 e. The minimum atomic E-state index is 0.120. The van der Waals surface area contributed by atoms with Crippen molar-refractivity contribution in [3.05, 3.63) is 29.8 Å². The van der Waals surface area contributed by atoms with E-state index >= 15 is 0 Å². The van der Waals surface area contributed by atoms with Gasteiger partial charge < -0.3 is 10.4 Å². The predicted octanol–water partition coefficient (Wildman–Crippen LogP) is 2.56. The van der Waals surface area contributed by atoms with Crippen LogP contribution in [-0.2, 0) is 6.54 Å². The number of rotatable bonds is 3. The van der Waals surface area contributed by atoms with Crippen LogP contribution in [0, 0.1) is 17.2 Å². The molecule has 0 amide bonds. The Kier molecular flexibility index (Phi) is 4.00. The molecule has 0 aromatic heterocycles. The molecule has 0 saturated heterocycles. The first kappa shape index (κ1) is 11.9. The van der Waals surface area contributed by atoms with Gasteiger partial charge in [-0.2, -0.15) is 5.26 Å². The van der Waals surface area contributed by atoms with Crippen molar-refractivity contribution in [2.75, 3.05) is 0 Å². The number of para-hydroxylation sites is 1. The smallest absolute Gasteiger partial charge is 0.120 e. The van der Waals surface area contributed by atoms with E-state index in [4.69, 9.17) is 5.26 Å². The lowest BCUT2D eigenvalue weighted by Crippen LogP contribution is -2.37. The standard InChI is InChI=1S/C14H18N2O/c15-9-11-5-1-3-7-13(11)16-10-12-6-2-4-8-14(12)17/h2,4,6,8,11,13,16-17H,1,3,5,7,10H2. The number of phenolic OH excluding ortho intramolecular Hbond substituents is 1. The summed E-state index contributed by atoms with van der Waals surface area (Å²) in [6, 6.07) is 9.99. The number of phenols is 1. The number of benzene rings is 1. The number of nitrogens with zero attached hydrogens (tertiary/aromatic N) is 1. The monoisotopic (exact) mass is 230 g/mol. The molecule has 1 aliphatic rings. The van der Waals surface area contributed by atoms with E-state index in [2.05, 4.69) is 11.4 Å². The number of nitriles is 1. The maximum absolute atomic E-state index is 9.66. The quantitative estimate of drug-likeness (QED) is 0.839. The fraction of sp³-hybridized carbons (Fsp3) is 0.500. The summed E-state index contributed by atoms with van der Waals surface area (Å²) >= 11 is 0. The van der Waals surface area contributed by atoms with Crippen LogP contribution >= 0.6 is 0 Å². The second kappa shape index (κ2) is 5.70. The highest BCUT2D eigenvalue weighted by Gasteiger charge is 2.24. The molecule has 0 radical (unpaired) electrons. The zero-order chi connectivity index (χ0) is 12.1. The summed E-state index contributed by atoms with van der Waals surface area (Å²) in [7, 11) is 0. The SMILES string of the molecule is N#CC1CCCCC1NCc1ccccc1O. The molecule has 0 bridgehead atoms. The minimum Gasteiger partial charge on any atom is -0.508 e. The van der Waals surface area contributed by atoms with Crippen molar-refractivity contribution in [3.8, 4) is 11.8 Å². The molecule has 3 nitrogen and oxygen atoms in total. The zero-order valence-electron chi connectivity index (χ0n) is 9.89. The molecule has 0 aliphatic heterocycles. The number of nitrogens with one attached hydrogen (secondary N) is 1. The molecule has 1 aliphatic carbocycles. The highest BCUT2D eigenvalue weighted by molar-refractivity contribution is 5.31. The van der Waals surface area contributed by atoms with Crippen molar-refractivity contribution in [1.82, 2.24) is 5.32 Å². The maximum atomic E-state index is 9.66. The molecule has 2 unspecified atom stereocenters. The van der Waals surface area contributed by atoms with E-state index < -0.39 is 0 Å². The highest BCUT2D eigenvalue weighted by Crippen LogP contribution is 2.24. The van der Waals surface area contributed by atoms with Crippen LogP contribution < -0.4 is 5.32 Å². The van der Waals surface area contributed by atoms with E-state index in [9.17, 15) is 5.11 Å². The minimum absolute atomic E-state index is 0.120. The topological polar surface area (TPSA) is 56.0 Å². The number of hydrogen-bond acceptors (Lipinski definition) is 3. The van der Waals surface area contributed by atoms with E-state index in [1.54, 1.807) is 6.07 Å². The van der Waals surface area contributed by atoms with Crippen LogP contribution in [0.5, 0.6) is 5.75 Å². The van der Waals surface area contributed by atoms with Crippen LogP contribution in [0.1, 0.15) is 31.2 Å². The second-order valence-corrected chi connectivity index (χ2v) is 4.64. The molecule has 1 fully saturated rings. The van der Waals surface area contributed by atoms with Crippen LogP contribution in [0.25, 0.3) is 0 Å². The zero-order valence-corrected chi connectivity index (χ0v) is 9.89. The first-order valence-corrected chi connectivity index (χ1v) is 6.21. The summed E-state index contributed by atoms with van der Waals surface area (Å²) in [5.41, 5.74) is 0.898. The van der Waals surface area contributed by atoms with Crippen molar-refractivity contribution in [2.24, 2.45) is 5.92 Å². The lowest BCUT2D eigenvalue weighted by Gasteiger charge is -2.27. The Hall–Kier alpha value is -1.53. The van der Waals surface area contributed by atoms with Gasteiger partial charge >= 0.3 is 0 Å². The average molecular weight is 230 g/mol. The fourth-order valence-corrected chi connectivity index (χ4v) is 2.43. The molecule has 0 spiro atoms. The lowest BCUT2D eigenvalue weighted by molar-refractivity contribution is 0.310. The van der Waals surface area contributed by atoms with Gasteiger partial charge in [0.15, 0.2) is 0 Å². The molecular formula is C14H18N2O. The Morgan fingerprint density at radius 2 is 2.06 bits per heavy atom. The maximum Gasteiger partial charge on any atom is 0.120 e. The van der Waals surface area contributed by atoms with Crippen LogP contribution in [0.2, 0.25) is 0 Å². The number of aromatic hydroxyl groups is 1. The molecular weight excluding hydrogens is 212 g/mol. The Balaban J connectivity index is 1.93. The normalized spacial score (nSPS) is 24.2. The molecule has 17 heavy (non-hydrogen) atoms. The van der Waals surface area contributed by atoms with E-state index in [-0.39, 0.29) is 12.0 Å². The van der Waals surface area contributed by atoms with Gasteiger partial charge in [-0.25, -0.2) is 0 Å². The lowest BCUT2D eigenvalue weighted by atomic mass is 9.85. The summed E-state index contributed by atoms with van der Waals surface area (Å²) in [6.07, 6.45) is 4.41. The third kappa shape index (κ3) is 2.98. The van der Waals surface area contributed by atoms with Crippen molar-refractivity contribution >= 4 is 0 Å². The summed E-state index contributed by atoms with van der Waals surface area (Å²) in [4.78, 5) is 0. The van der Waals surface area contributed by atoms with Crippen molar-refractivity contribution < 1.29 is 5.11 Å². The molecule has 1 aromatic rings. The Labute approximate surface area is 102 Å². The molecule has 1 saturated carbocycles. The Morgan fingerprint density at radius 3 is 2.82 bits per heavy atom. The summed E-state index contributed by atoms with van der Waals surface area (Å²) < 4.78 is 0. The van der Waals surface area contributed by atoms with E-state index in [0.29, 0.717) is 12.3 Å². The van der Waals surface area contributed by atoms with Gasteiger partial charge in [0.25, 0.3) is 0 Å². The molecule has 2 rings (SSSR count). The fourth-order valence-electron chi connectivity index (χ4n) is 2.43. The first-order valence-electron chi connectivity index (χ1n) is 6.21. The summed E-state index contributed by atoms with van der Waals surface area (Å²) in [5, 5.41) is 22.1. The summed E-state index contributed by atoms with van der Waals surface area (Å²) in [6.45, 7) is 0.634. The van der Waals surface area contributed by atoms with Gasteiger partial charge in [-0.05, 0) is 18.9 Å². The van der Waals surface area contributed by atoms with Gasteiger partial charge in [0.2, 0.25) is 0 Å². The van der Waals surface area contributed by atoms with Crippen molar-refractivity contribution in [1.29, 1.82) is 5.26 Å². The van der Waals surface area contributed by atoms with Crippen LogP contribution in [0.4, 0.5) is 0 Å². The van der Waals surface area contributed by atoms with Crippen LogP contribution in [-0.4, -0.2) is 11.1 Å². The third-order valence-corrected chi connectivity index (χ3v) is 3.48. The molecule has 1 aromatic carbocycles. The molecule has 2 N–H and O–H groups in total. The van der Waals surface area contributed by atoms with Gasteiger partial charge in [0.1, 0.15) is 5.75 Å². The second-order valence-electron chi connectivity index (χ2n) is 4.64. The third-order valence-electron chi connectivity index (χ3n) is 3.48. The first-order chi connectivity index (χ1) is 8.31. The molecule has 3 heteroatoms. The van der Waals surface area contributed by atoms with E-state index in [1.165, 1.54) is 6.42 Å². The van der Waals surface area contributed by atoms with Gasteiger partial charge in [-0.3, -0.25) is 0 Å².